The molecule has 2 nitrogen and oxygen atoms in total. The van der Waals surface area contributed by atoms with Crippen molar-refractivity contribution in [2.75, 3.05) is 0 Å². The Hall–Kier alpha value is -1.42. The van der Waals surface area contributed by atoms with Gasteiger partial charge in [0.15, 0.2) is 5.78 Å². The molecule has 0 radical (unpaired) electrons. The summed E-state index contributed by atoms with van der Waals surface area (Å²) in [5, 5.41) is 0. The zero-order valence-corrected chi connectivity index (χ0v) is 13.9. The third-order valence-corrected chi connectivity index (χ3v) is 4.67. The Bertz CT molecular complexity index is 725. The number of carbonyl (C=O) groups is 1. The van der Waals surface area contributed by atoms with Gasteiger partial charge in [0.1, 0.15) is 5.82 Å². The van der Waals surface area contributed by atoms with Crippen LogP contribution in [0.4, 0.5) is 4.39 Å². The SMILES string of the molecule is Cc1cc2c(n1-c1c(F)cccc1Br)CC(C)(C)CC2=O. The fourth-order valence-corrected chi connectivity index (χ4v) is 3.68. The van der Waals surface area contributed by atoms with Crippen molar-refractivity contribution in [3.05, 3.63) is 51.5 Å². The zero-order chi connectivity index (χ0) is 15.4. The van der Waals surface area contributed by atoms with Crippen LogP contribution in [-0.4, -0.2) is 10.4 Å². The summed E-state index contributed by atoms with van der Waals surface area (Å²) in [6.07, 6.45) is 1.31. The van der Waals surface area contributed by atoms with Crippen molar-refractivity contribution < 1.29 is 9.18 Å². The molecule has 0 bridgehead atoms. The number of benzene rings is 1. The number of rotatable bonds is 1. The summed E-state index contributed by atoms with van der Waals surface area (Å²) in [4.78, 5) is 12.3. The van der Waals surface area contributed by atoms with Crippen LogP contribution >= 0.6 is 15.9 Å². The largest absolute Gasteiger partial charge is 0.314 e. The van der Waals surface area contributed by atoms with Gasteiger partial charge in [0.2, 0.25) is 0 Å². The van der Waals surface area contributed by atoms with Gasteiger partial charge in [0.25, 0.3) is 0 Å². The highest BCUT2D eigenvalue weighted by molar-refractivity contribution is 9.10. The number of Topliss-reactive ketones (excluding diaryl/α,β-unsaturated/α-hetero) is 1. The van der Waals surface area contributed by atoms with Crippen molar-refractivity contribution in [3.63, 3.8) is 0 Å². The molecule has 1 aromatic carbocycles. The molecule has 1 aliphatic rings. The van der Waals surface area contributed by atoms with Gasteiger partial charge < -0.3 is 4.57 Å². The monoisotopic (exact) mass is 349 g/mol. The van der Waals surface area contributed by atoms with E-state index in [2.05, 4.69) is 29.8 Å². The van der Waals surface area contributed by atoms with Crippen LogP contribution in [0.25, 0.3) is 5.69 Å². The maximum Gasteiger partial charge on any atom is 0.165 e. The van der Waals surface area contributed by atoms with E-state index in [-0.39, 0.29) is 17.0 Å². The molecule has 0 amide bonds. The Morgan fingerprint density at radius 2 is 2.00 bits per heavy atom. The zero-order valence-electron chi connectivity index (χ0n) is 12.3. The molecule has 3 rings (SSSR count). The molecule has 0 saturated heterocycles. The summed E-state index contributed by atoms with van der Waals surface area (Å²) in [7, 11) is 0. The van der Waals surface area contributed by atoms with Crippen LogP contribution < -0.4 is 0 Å². The van der Waals surface area contributed by atoms with Gasteiger partial charge in [-0.25, -0.2) is 4.39 Å². The molecule has 4 heteroatoms. The highest BCUT2D eigenvalue weighted by atomic mass is 79.9. The summed E-state index contributed by atoms with van der Waals surface area (Å²) in [6, 6.07) is 6.82. The average molecular weight is 350 g/mol. The summed E-state index contributed by atoms with van der Waals surface area (Å²) in [5.41, 5.74) is 2.93. The second-order valence-corrected chi connectivity index (χ2v) is 7.35. The fraction of sp³-hybridized carbons (Fsp3) is 0.353. The lowest BCUT2D eigenvalue weighted by molar-refractivity contribution is 0.0911. The lowest BCUT2D eigenvalue weighted by atomic mass is 9.76. The van der Waals surface area contributed by atoms with Gasteiger partial charge in [-0.05, 0) is 52.9 Å². The minimum atomic E-state index is -0.290. The fourth-order valence-electron chi connectivity index (χ4n) is 3.17. The van der Waals surface area contributed by atoms with Crippen molar-refractivity contribution >= 4 is 21.7 Å². The summed E-state index contributed by atoms with van der Waals surface area (Å²) in [6.45, 7) is 6.07. The predicted octanol–water partition coefficient (Wildman–Crippen LogP) is 4.84. The first-order valence-electron chi connectivity index (χ1n) is 6.99. The lowest BCUT2D eigenvalue weighted by Gasteiger charge is -2.30. The van der Waals surface area contributed by atoms with E-state index in [9.17, 15) is 9.18 Å². The van der Waals surface area contributed by atoms with Gasteiger partial charge in [-0.15, -0.1) is 0 Å². The summed E-state index contributed by atoms with van der Waals surface area (Å²) in [5.74, 6) is -0.141. The number of nitrogens with zero attached hydrogens (tertiary/aromatic N) is 1. The minimum Gasteiger partial charge on any atom is -0.314 e. The first-order valence-corrected chi connectivity index (χ1v) is 7.78. The molecule has 110 valence electrons. The smallest absolute Gasteiger partial charge is 0.165 e. The number of hydrogen-bond acceptors (Lipinski definition) is 1. The molecule has 2 aromatic rings. The maximum atomic E-state index is 14.3. The van der Waals surface area contributed by atoms with Gasteiger partial charge >= 0.3 is 0 Å². The molecule has 21 heavy (non-hydrogen) atoms. The normalized spacial score (nSPS) is 16.9. The molecule has 1 aliphatic carbocycles. The van der Waals surface area contributed by atoms with Gasteiger partial charge in [0, 0.05) is 27.8 Å². The van der Waals surface area contributed by atoms with Gasteiger partial charge in [-0.3, -0.25) is 4.79 Å². The topological polar surface area (TPSA) is 22.0 Å². The van der Waals surface area contributed by atoms with Crippen LogP contribution in [0.15, 0.2) is 28.7 Å². The molecule has 1 aromatic heterocycles. The van der Waals surface area contributed by atoms with E-state index >= 15 is 0 Å². The third-order valence-electron chi connectivity index (χ3n) is 4.03. The number of para-hydroxylation sites is 1. The molecular weight excluding hydrogens is 333 g/mol. The number of fused-ring (bicyclic) bond motifs is 1. The summed E-state index contributed by atoms with van der Waals surface area (Å²) >= 11 is 3.43. The molecule has 0 fully saturated rings. The standard InChI is InChI=1S/C17H17BrFNO/c1-10-7-11-14(8-17(2,3)9-15(11)21)20(10)16-12(18)5-4-6-13(16)19/h4-7H,8-9H2,1-3H3. The third kappa shape index (κ3) is 2.35. The van der Waals surface area contributed by atoms with Crippen molar-refractivity contribution in [2.45, 2.75) is 33.6 Å². The van der Waals surface area contributed by atoms with Gasteiger partial charge in [-0.2, -0.15) is 0 Å². The highest BCUT2D eigenvalue weighted by Crippen LogP contribution is 2.39. The minimum absolute atomic E-state index is 0.0929. The quantitative estimate of drug-likeness (QED) is 0.721. The average Bonchev–Trinajstić information content (AvgIpc) is 2.66. The van der Waals surface area contributed by atoms with E-state index in [1.165, 1.54) is 6.07 Å². The van der Waals surface area contributed by atoms with E-state index in [1.807, 2.05) is 23.6 Å². The first kappa shape index (κ1) is 14.5. The molecule has 0 N–H and O–H groups in total. The summed E-state index contributed by atoms with van der Waals surface area (Å²) < 4.78 is 16.9. The molecule has 0 spiro atoms. The maximum absolute atomic E-state index is 14.3. The Labute approximate surface area is 132 Å². The van der Waals surface area contributed by atoms with E-state index in [0.29, 0.717) is 16.6 Å². The number of carbonyl (C=O) groups excluding carboxylic acids is 1. The van der Waals surface area contributed by atoms with Crippen LogP contribution in [0.2, 0.25) is 0 Å². The highest BCUT2D eigenvalue weighted by Gasteiger charge is 2.34. The molecule has 0 saturated carbocycles. The van der Waals surface area contributed by atoms with Crippen LogP contribution in [-0.2, 0) is 6.42 Å². The van der Waals surface area contributed by atoms with E-state index < -0.39 is 0 Å². The van der Waals surface area contributed by atoms with Crippen molar-refractivity contribution in [2.24, 2.45) is 5.41 Å². The number of halogens is 2. The van der Waals surface area contributed by atoms with Gasteiger partial charge in [-0.1, -0.05) is 19.9 Å². The molecule has 1 heterocycles. The molecule has 0 atom stereocenters. The van der Waals surface area contributed by atoms with E-state index in [0.717, 1.165) is 23.4 Å². The second-order valence-electron chi connectivity index (χ2n) is 6.49. The first-order chi connectivity index (χ1) is 9.80. The van der Waals surface area contributed by atoms with Crippen LogP contribution in [0, 0.1) is 18.2 Å². The number of hydrogen-bond donors (Lipinski definition) is 0. The number of aryl methyl sites for hydroxylation is 1. The lowest BCUT2D eigenvalue weighted by Crippen LogP contribution is -2.28. The molecule has 0 aliphatic heterocycles. The van der Waals surface area contributed by atoms with E-state index in [1.54, 1.807) is 6.07 Å². The predicted molar refractivity (Wildman–Crippen MR) is 84.6 cm³/mol. The van der Waals surface area contributed by atoms with Crippen LogP contribution in [0.1, 0.15) is 42.0 Å². The Morgan fingerprint density at radius 3 is 2.67 bits per heavy atom. The number of ketones is 1. The molecular formula is C17H17BrFNO. The van der Waals surface area contributed by atoms with Crippen molar-refractivity contribution in [1.82, 2.24) is 4.57 Å². The Kier molecular flexibility index (Phi) is 3.32. The van der Waals surface area contributed by atoms with Crippen LogP contribution in [0.3, 0.4) is 0 Å². The van der Waals surface area contributed by atoms with Crippen molar-refractivity contribution in [3.8, 4) is 5.69 Å². The second kappa shape index (κ2) is 4.80. The van der Waals surface area contributed by atoms with E-state index in [4.69, 9.17) is 0 Å². The van der Waals surface area contributed by atoms with Gasteiger partial charge in [0.05, 0.1) is 5.69 Å². The molecule has 0 unspecified atom stereocenters. The number of aromatic nitrogens is 1. The van der Waals surface area contributed by atoms with Crippen molar-refractivity contribution in [1.29, 1.82) is 0 Å². The van der Waals surface area contributed by atoms with Crippen LogP contribution in [0.5, 0.6) is 0 Å². The Morgan fingerprint density at radius 1 is 1.29 bits per heavy atom. The Balaban J connectivity index is 2.29.